The number of halogens is 2. The average molecular weight is 282 g/mol. The van der Waals surface area contributed by atoms with E-state index in [0.717, 1.165) is 32.0 Å². The van der Waals surface area contributed by atoms with Crippen LogP contribution in [0.1, 0.15) is 24.8 Å². The number of rotatable bonds is 4. The van der Waals surface area contributed by atoms with Crippen LogP contribution >= 0.6 is 0 Å². The molecular weight excluding hydrogens is 262 g/mol. The molecule has 0 aromatic heterocycles. The van der Waals surface area contributed by atoms with Gasteiger partial charge in [-0.1, -0.05) is 6.07 Å². The fraction of sp³-hybridized carbons (Fsp3) is 0.533. The molecule has 110 valence electrons. The number of benzene rings is 1. The minimum atomic E-state index is -0.607. The van der Waals surface area contributed by atoms with E-state index in [2.05, 4.69) is 5.32 Å². The molecule has 1 heterocycles. The summed E-state index contributed by atoms with van der Waals surface area (Å²) in [4.78, 5) is 13.6. The molecule has 1 fully saturated rings. The van der Waals surface area contributed by atoms with Crippen molar-refractivity contribution in [2.45, 2.75) is 25.8 Å². The first kappa shape index (κ1) is 14.9. The van der Waals surface area contributed by atoms with Crippen molar-refractivity contribution in [1.82, 2.24) is 10.2 Å². The lowest BCUT2D eigenvalue weighted by molar-refractivity contribution is -0.131. The number of carbonyl (C=O) groups is 1. The molecular formula is C15H20F2N2O. The van der Waals surface area contributed by atoms with Crippen molar-refractivity contribution in [2.24, 2.45) is 5.92 Å². The second-order valence-electron chi connectivity index (χ2n) is 5.40. The Kier molecular flexibility index (Phi) is 5.06. The zero-order valence-electron chi connectivity index (χ0n) is 11.7. The third-order valence-corrected chi connectivity index (χ3v) is 3.71. The van der Waals surface area contributed by atoms with Crippen LogP contribution in [-0.2, 0) is 11.3 Å². The van der Waals surface area contributed by atoms with Crippen molar-refractivity contribution < 1.29 is 13.6 Å². The Balaban J connectivity index is 1.89. The lowest BCUT2D eigenvalue weighted by atomic mass is 9.95. The Bertz CT molecular complexity index is 473. The maximum absolute atomic E-state index is 13.5. The van der Waals surface area contributed by atoms with E-state index in [9.17, 15) is 13.6 Å². The first-order chi connectivity index (χ1) is 9.56. The lowest BCUT2D eigenvalue weighted by Gasteiger charge is -2.25. The summed E-state index contributed by atoms with van der Waals surface area (Å²) in [6, 6.07) is 3.44. The molecule has 1 amide bonds. The van der Waals surface area contributed by atoms with E-state index in [1.54, 1.807) is 7.05 Å². The van der Waals surface area contributed by atoms with E-state index in [-0.39, 0.29) is 12.5 Å². The van der Waals surface area contributed by atoms with Crippen molar-refractivity contribution in [2.75, 3.05) is 20.1 Å². The van der Waals surface area contributed by atoms with Gasteiger partial charge in [0.05, 0.1) is 0 Å². The topological polar surface area (TPSA) is 32.3 Å². The summed E-state index contributed by atoms with van der Waals surface area (Å²) < 4.78 is 26.4. The van der Waals surface area contributed by atoms with Crippen LogP contribution in [-0.4, -0.2) is 30.9 Å². The second-order valence-corrected chi connectivity index (χ2v) is 5.40. The average Bonchev–Trinajstić information content (AvgIpc) is 2.43. The van der Waals surface area contributed by atoms with Crippen LogP contribution in [0.5, 0.6) is 0 Å². The zero-order valence-corrected chi connectivity index (χ0v) is 11.7. The summed E-state index contributed by atoms with van der Waals surface area (Å²) in [5.41, 5.74) is 0.337. The molecule has 0 bridgehead atoms. The van der Waals surface area contributed by atoms with Crippen LogP contribution in [0.3, 0.4) is 0 Å². The van der Waals surface area contributed by atoms with Gasteiger partial charge in [-0.05, 0) is 37.9 Å². The van der Waals surface area contributed by atoms with Gasteiger partial charge < -0.3 is 10.2 Å². The Morgan fingerprint density at radius 3 is 2.90 bits per heavy atom. The van der Waals surface area contributed by atoms with E-state index >= 15 is 0 Å². The molecule has 0 radical (unpaired) electrons. The van der Waals surface area contributed by atoms with Gasteiger partial charge in [0.25, 0.3) is 0 Å². The fourth-order valence-corrected chi connectivity index (χ4v) is 2.49. The SMILES string of the molecule is CN(Cc1ccc(F)cc1F)C(=O)CC1CCCNC1. The Morgan fingerprint density at radius 1 is 1.45 bits per heavy atom. The summed E-state index contributed by atoms with van der Waals surface area (Å²) in [5, 5.41) is 3.27. The molecule has 1 aromatic carbocycles. The lowest BCUT2D eigenvalue weighted by Crippen LogP contribution is -2.35. The first-order valence-corrected chi connectivity index (χ1v) is 6.95. The van der Waals surface area contributed by atoms with E-state index in [1.165, 1.54) is 17.0 Å². The minimum Gasteiger partial charge on any atom is -0.341 e. The van der Waals surface area contributed by atoms with Crippen LogP contribution in [0.15, 0.2) is 18.2 Å². The summed E-state index contributed by atoms with van der Waals surface area (Å²) in [5.74, 6) is -0.850. The summed E-state index contributed by atoms with van der Waals surface area (Å²) >= 11 is 0. The third kappa shape index (κ3) is 4.00. The van der Waals surface area contributed by atoms with Crippen LogP contribution in [0.2, 0.25) is 0 Å². The zero-order chi connectivity index (χ0) is 14.5. The van der Waals surface area contributed by atoms with Gasteiger partial charge in [0.1, 0.15) is 11.6 Å². The molecule has 1 aromatic rings. The maximum atomic E-state index is 13.5. The maximum Gasteiger partial charge on any atom is 0.222 e. The van der Waals surface area contributed by atoms with Crippen LogP contribution in [0.4, 0.5) is 8.78 Å². The molecule has 1 aliphatic heterocycles. The molecule has 1 N–H and O–H groups in total. The smallest absolute Gasteiger partial charge is 0.222 e. The predicted octanol–water partition coefficient (Wildman–Crippen LogP) is 2.31. The summed E-state index contributed by atoms with van der Waals surface area (Å²) in [6.07, 6.45) is 2.62. The number of hydrogen-bond donors (Lipinski definition) is 1. The molecule has 1 aliphatic rings. The Labute approximate surface area is 118 Å². The second kappa shape index (κ2) is 6.79. The van der Waals surface area contributed by atoms with Crippen LogP contribution < -0.4 is 5.32 Å². The molecule has 3 nitrogen and oxygen atoms in total. The van der Waals surface area contributed by atoms with Gasteiger partial charge in [-0.3, -0.25) is 4.79 Å². The minimum absolute atomic E-state index is 0.00225. The number of amides is 1. The van der Waals surface area contributed by atoms with Crippen molar-refractivity contribution in [3.05, 3.63) is 35.4 Å². The van der Waals surface area contributed by atoms with Gasteiger partial charge in [-0.25, -0.2) is 8.78 Å². The number of hydrogen-bond acceptors (Lipinski definition) is 2. The first-order valence-electron chi connectivity index (χ1n) is 6.95. The molecule has 1 atom stereocenters. The number of piperidine rings is 1. The van der Waals surface area contributed by atoms with Crippen molar-refractivity contribution in [3.63, 3.8) is 0 Å². The molecule has 1 saturated heterocycles. The van der Waals surface area contributed by atoms with Gasteiger partial charge in [0, 0.05) is 31.6 Å². The van der Waals surface area contributed by atoms with Crippen LogP contribution in [0, 0.1) is 17.6 Å². The van der Waals surface area contributed by atoms with E-state index in [1.807, 2.05) is 0 Å². The Hall–Kier alpha value is -1.49. The normalized spacial score (nSPS) is 18.9. The summed E-state index contributed by atoms with van der Waals surface area (Å²) in [7, 11) is 1.65. The van der Waals surface area contributed by atoms with Crippen molar-refractivity contribution in [3.8, 4) is 0 Å². The molecule has 20 heavy (non-hydrogen) atoms. The van der Waals surface area contributed by atoms with Crippen molar-refractivity contribution in [1.29, 1.82) is 0 Å². The molecule has 0 aliphatic carbocycles. The highest BCUT2D eigenvalue weighted by atomic mass is 19.1. The molecule has 0 saturated carbocycles. The number of nitrogens with one attached hydrogen (secondary N) is 1. The fourth-order valence-electron chi connectivity index (χ4n) is 2.49. The van der Waals surface area contributed by atoms with E-state index in [4.69, 9.17) is 0 Å². The molecule has 5 heteroatoms. The highest BCUT2D eigenvalue weighted by molar-refractivity contribution is 5.76. The monoisotopic (exact) mass is 282 g/mol. The molecule has 0 spiro atoms. The number of carbonyl (C=O) groups excluding carboxylic acids is 1. The van der Waals surface area contributed by atoms with Gasteiger partial charge >= 0.3 is 0 Å². The number of nitrogens with zero attached hydrogens (tertiary/aromatic N) is 1. The van der Waals surface area contributed by atoms with E-state index < -0.39 is 11.6 Å². The van der Waals surface area contributed by atoms with E-state index in [0.29, 0.717) is 17.9 Å². The third-order valence-electron chi connectivity index (χ3n) is 3.71. The van der Waals surface area contributed by atoms with Crippen molar-refractivity contribution >= 4 is 5.91 Å². The van der Waals surface area contributed by atoms with Crippen LogP contribution in [0.25, 0.3) is 0 Å². The largest absolute Gasteiger partial charge is 0.341 e. The Morgan fingerprint density at radius 2 is 2.25 bits per heavy atom. The van der Waals surface area contributed by atoms with Gasteiger partial charge in [-0.15, -0.1) is 0 Å². The highest BCUT2D eigenvalue weighted by Crippen LogP contribution is 2.17. The highest BCUT2D eigenvalue weighted by Gasteiger charge is 2.19. The van der Waals surface area contributed by atoms with Gasteiger partial charge in [0.2, 0.25) is 5.91 Å². The summed E-state index contributed by atoms with van der Waals surface area (Å²) in [6.45, 7) is 2.05. The standard InChI is InChI=1S/C15H20F2N2O/c1-19(10-12-4-5-13(16)8-14(12)17)15(20)7-11-3-2-6-18-9-11/h4-5,8,11,18H,2-3,6-7,9-10H2,1H3. The predicted molar refractivity (Wildman–Crippen MR) is 73.0 cm³/mol. The van der Waals surface area contributed by atoms with Gasteiger partial charge in [0.15, 0.2) is 0 Å². The van der Waals surface area contributed by atoms with Gasteiger partial charge in [-0.2, -0.15) is 0 Å². The molecule has 2 rings (SSSR count). The quantitative estimate of drug-likeness (QED) is 0.919. The molecule has 1 unspecified atom stereocenters.